The van der Waals surface area contributed by atoms with E-state index in [1.807, 2.05) is 6.08 Å². The fourth-order valence-corrected chi connectivity index (χ4v) is 4.42. The van der Waals surface area contributed by atoms with Gasteiger partial charge in [0.05, 0.1) is 18.8 Å². The van der Waals surface area contributed by atoms with Gasteiger partial charge in [-0.3, -0.25) is 4.79 Å². The number of nitrogens with one attached hydrogen (secondary N) is 1. The van der Waals surface area contributed by atoms with Crippen molar-refractivity contribution in [1.82, 2.24) is 5.32 Å². The molecule has 2 atom stereocenters. The van der Waals surface area contributed by atoms with Crippen LogP contribution in [-0.2, 0) is 4.79 Å². The van der Waals surface area contributed by atoms with Crippen LogP contribution in [0.15, 0.2) is 48.6 Å². The first kappa shape index (κ1) is 37.4. The van der Waals surface area contributed by atoms with Crippen molar-refractivity contribution in [2.24, 2.45) is 0 Å². The Morgan fingerprint density at radius 3 is 1.56 bits per heavy atom. The van der Waals surface area contributed by atoms with Crippen molar-refractivity contribution in [3.05, 3.63) is 48.6 Å². The number of allylic oxidation sites excluding steroid dienone is 7. The Balaban J connectivity index is 3.78. The van der Waals surface area contributed by atoms with Gasteiger partial charge in [0.2, 0.25) is 5.91 Å². The molecule has 0 saturated heterocycles. The number of unbranched alkanes of at least 4 members (excludes halogenated alkanes) is 15. The number of carbonyl (C=O) groups is 1. The third-order valence-corrected chi connectivity index (χ3v) is 7.01. The minimum absolute atomic E-state index is 0.0932. The van der Waals surface area contributed by atoms with Crippen LogP contribution in [-0.4, -0.2) is 34.9 Å². The predicted molar refractivity (Wildman–Crippen MR) is 170 cm³/mol. The van der Waals surface area contributed by atoms with Crippen molar-refractivity contribution in [3.63, 3.8) is 0 Å². The molecule has 3 N–H and O–H groups in total. The molecule has 0 saturated carbocycles. The number of aliphatic hydroxyl groups is 2. The number of hydrogen-bond donors (Lipinski definition) is 3. The second-order valence-electron chi connectivity index (χ2n) is 10.8. The highest BCUT2D eigenvalue weighted by Crippen LogP contribution is 2.10. The van der Waals surface area contributed by atoms with E-state index >= 15 is 0 Å². The second-order valence-corrected chi connectivity index (χ2v) is 10.8. The maximum absolute atomic E-state index is 12.2. The van der Waals surface area contributed by atoms with Crippen LogP contribution in [0.5, 0.6) is 0 Å². The molecule has 0 aliphatic rings. The summed E-state index contributed by atoms with van der Waals surface area (Å²) in [5, 5.41) is 22.7. The molecule has 39 heavy (non-hydrogen) atoms. The molecular weight excluding hydrogens is 482 g/mol. The Morgan fingerprint density at radius 1 is 0.590 bits per heavy atom. The molecule has 0 aliphatic carbocycles. The van der Waals surface area contributed by atoms with Gasteiger partial charge in [0, 0.05) is 6.42 Å². The normalized spacial score (nSPS) is 13.8. The second kappa shape index (κ2) is 30.9. The lowest BCUT2D eigenvalue weighted by atomic mass is 10.1. The lowest BCUT2D eigenvalue weighted by Crippen LogP contribution is -2.45. The van der Waals surface area contributed by atoms with Crippen molar-refractivity contribution < 1.29 is 15.0 Å². The Kier molecular flexibility index (Phi) is 29.6. The van der Waals surface area contributed by atoms with Crippen LogP contribution >= 0.6 is 0 Å². The third kappa shape index (κ3) is 27.7. The van der Waals surface area contributed by atoms with E-state index in [9.17, 15) is 15.0 Å². The van der Waals surface area contributed by atoms with E-state index in [0.717, 1.165) is 51.4 Å². The standard InChI is InChI=1S/C35H63NO3/c1-3-5-7-9-11-13-15-16-17-18-19-21-22-24-26-28-30-34(38)33(32-37)36-35(39)31-29-27-25-23-20-14-12-10-8-6-4-2/h10,12,16-17,21-22,28,30,33-34,37-38H,3-9,11,13-15,18-20,23-27,29,31-32H2,1-2H3,(H,36,39)/b12-10-,17-16+,22-21+,30-28+. The van der Waals surface area contributed by atoms with Gasteiger partial charge < -0.3 is 15.5 Å². The zero-order chi connectivity index (χ0) is 28.7. The average molecular weight is 546 g/mol. The minimum Gasteiger partial charge on any atom is -0.394 e. The smallest absolute Gasteiger partial charge is 0.220 e. The van der Waals surface area contributed by atoms with E-state index in [-0.39, 0.29) is 12.5 Å². The minimum atomic E-state index is -0.870. The molecule has 0 spiro atoms. The van der Waals surface area contributed by atoms with Gasteiger partial charge in [-0.05, 0) is 64.2 Å². The lowest BCUT2D eigenvalue weighted by Gasteiger charge is -2.19. The number of carbonyl (C=O) groups excluding carboxylic acids is 1. The van der Waals surface area contributed by atoms with E-state index in [4.69, 9.17) is 0 Å². The van der Waals surface area contributed by atoms with Crippen LogP contribution in [0.4, 0.5) is 0 Å². The van der Waals surface area contributed by atoms with Gasteiger partial charge in [-0.15, -0.1) is 0 Å². The number of hydrogen-bond acceptors (Lipinski definition) is 3. The third-order valence-electron chi connectivity index (χ3n) is 7.01. The molecule has 0 aromatic rings. The monoisotopic (exact) mass is 545 g/mol. The van der Waals surface area contributed by atoms with Crippen molar-refractivity contribution >= 4 is 5.91 Å². The van der Waals surface area contributed by atoms with Crippen LogP contribution in [0.2, 0.25) is 0 Å². The summed E-state index contributed by atoms with van der Waals surface area (Å²) in [4.78, 5) is 12.2. The first-order valence-corrected chi connectivity index (χ1v) is 16.4. The van der Waals surface area contributed by atoms with Gasteiger partial charge in [0.25, 0.3) is 0 Å². The summed E-state index contributed by atoms with van der Waals surface area (Å²) in [6.45, 7) is 4.21. The molecule has 0 aliphatic heterocycles. The Morgan fingerprint density at radius 2 is 1.03 bits per heavy atom. The summed E-state index contributed by atoms with van der Waals surface area (Å²) in [6.07, 6.45) is 40.4. The molecular formula is C35H63NO3. The maximum Gasteiger partial charge on any atom is 0.220 e. The fourth-order valence-electron chi connectivity index (χ4n) is 4.42. The zero-order valence-electron chi connectivity index (χ0n) is 25.6. The largest absolute Gasteiger partial charge is 0.394 e. The zero-order valence-corrected chi connectivity index (χ0v) is 25.6. The van der Waals surface area contributed by atoms with Gasteiger partial charge in [-0.1, -0.05) is 127 Å². The molecule has 4 heteroatoms. The molecule has 0 aromatic heterocycles. The molecule has 0 aromatic carbocycles. The summed E-state index contributed by atoms with van der Waals surface area (Å²) in [6, 6.07) is -0.646. The van der Waals surface area contributed by atoms with Crippen LogP contribution in [0.3, 0.4) is 0 Å². The van der Waals surface area contributed by atoms with E-state index in [0.29, 0.717) is 6.42 Å². The van der Waals surface area contributed by atoms with Crippen molar-refractivity contribution in [3.8, 4) is 0 Å². The van der Waals surface area contributed by atoms with Crippen molar-refractivity contribution in [1.29, 1.82) is 0 Å². The predicted octanol–water partition coefficient (Wildman–Crippen LogP) is 9.28. The summed E-state index contributed by atoms with van der Waals surface area (Å²) in [7, 11) is 0. The van der Waals surface area contributed by atoms with Crippen LogP contribution in [0.1, 0.15) is 149 Å². The first-order valence-electron chi connectivity index (χ1n) is 16.4. The SMILES string of the molecule is CCCC/C=C\CCCCCCCC(=O)NC(CO)C(O)/C=C/CC/C=C/CC/C=C/CCCCCCCC. The molecule has 0 fully saturated rings. The molecule has 1 amide bonds. The number of aliphatic hydroxyl groups excluding tert-OH is 2. The molecule has 4 nitrogen and oxygen atoms in total. The summed E-state index contributed by atoms with van der Waals surface area (Å²) < 4.78 is 0. The lowest BCUT2D eigenvalue weighted by molar-refractivity contribution is -0.123. The number of amides is 1. The molecule has 0 radical (unpaired) electrons. The Bertz CT molecular complexity index is 638. The Hall–Kier alpha value is -1.65. The first-order chi connectivity index (χ1) is 19.2. The average Bonchev–Trinajstić information content (AvgIpc) is 2.94. The molecule has 0 bridgehead atoms. The highest BCUT2D eigenvalue weighted by atomic mass is 16.3. The highest BCUT2D eigenvalue weighted by molar-refractivity contribution is 5.76. The summed E-state index contributed by atoms with van der Waals surface area (Å²) in [5.74, 6) is -0.0932. The van der Waals surface area contributed by atoms with Gasteiger partial charge in [-0.25, -0.2) is 0 Å². The van der Waals surface area contributed by atoms with Gasteiger partial charge in [0.1, 0.15) is 0 Å². The maximum atomic E-state index is 12.2. The van der Waals surface area contributed by atoms with Crippen LogP contribution < -0.4 is 5.32 Å². The topological polar surface area (TPSA) is 69.6 Å². The quantitative estimate of drug-likeness (QED) is 0.0677. The van der Waals surface area contributed by atoms with Gasteiger partial charge in [0.15, 0.2) is 0 Å². The van der Waals surface area contributed by atoms with Crippen molar-refractivity contribution in [2.75, 3.05) is 6.61 Å². The molecule has 0 rings (SSSR count). The molecule has 2 unspecified atom stereocenters. The number of rotatable bonds is 28. The van der Waals surface area contributed by atoms with E-state index in [1.54, 1.807) is 6.08 Å². The van der Waals surface area contributed by atoms with E-state index in [2.05, 4.69) is 55.6 Å². The van der Waals surface area contributed by atoms with Crippen LogP contribution in [0, 0.1) is 0 Å². The summed E-state index contributed by atoms with van der Waals surface area (Å²) in [5.41, 5.74) is 0. The molecule has 226 valence electrons. The van der Waals surface area contributed by atoms with Crippen LogP contribution in [0.25, 0.3) is 0 Å². The van der Waals surface area contributed by atoms with Crippen molar-refractivity contribution in [2.45, 2.75) is 161 Å². The fraction of sp³-hybridized carbons (Fsp3) is 0.743. The summed E-state index contributed by atoms with van der Waals surface area (Å²) >= 11 is 0. The van der Waals surface area contributed by atoms with Gasteiger partial charge >= 0.3 is 0 Å². The molecule has 0 heterocycles. The van der Waals surface area contributed by atoms with Gasteiger partial charge in [-0.2, -0.15) is 0 Å². The Labute approximate surface area is 242 Å². The van der Waals surface area contributed by atoms with E-state index in [1.165, 1.54) is 77.0 Å². The van der Waals surface area contributed by atoms with E-state index < -0.39 is 12.1 Å². The highest BCUT2D eigenvalue weighted by Gasteiger charge is 2.17.